The van der Waals surface area contributed by atoms with Gasteiger partial charge in [0.2, 0.25) is 0 Å². The quantitative estimate of drug-likeness (QED) is 0.854. The fraction of sp³-hybridized carbons (Fsp3) is 0.231. The topological polar surface area (TPSA) is 45.9 Å². The molecule has 0 amide bonds. The normalized spacial score (nSPS) is 11.3. The van der Waals surface area contributed by atoms with Gasteiger partial charge < -0.3 is 4.74 Å². The van der Waals surface area contributed by atoms with Gasteiger partial charge in [-0.25, -0.2) is 0 Å². The standard InChI is InChI=1S/C13H9F3N2O/c14-13(15,16)5-6-19-12-9(7-17)8-18-11-4-2-1-3-10(11)12/h1-4,8H,5-6H2. The second-order valence-electron chi connectivity index (χ2n) is 3.84. The minimum atomic E-state index is -4.28. The second-order valence-corrected chi connectivity index (χ2v) is 3.84. The van der Waals surface area contributed by atoms with E-state index in [0.717, 1.165) is 0 Å². The second kappa shape index (κ2) is 5.14. The number of hydrogen-bond acceptors (Lipinski definition) is 3. The summed E-state index contributed by atoms with van der Waals surface area (Å²) in [5.74, 6) is 0.150. The highest BCUT2D eigenvalue weighted by Crippen LogP contribution is 2.29. The molecule has 1 aromatic heterocycles. The Morgan fingerprint density at radius 1 is 1.26 bits per heavy atom. The highest BCUT2D eigenvalue weighted by Gasteiger charge is 2.27. The molecular formula is C13H9F3N2O. The summed E-state index contributed by atoms with van der Waals surface area (Å²) in [6.45, 7) is -0.522. The summed E-state index contributed by atoms with van der Waals surface area (Å²) in [5, 5.41) is 9.48. The number of alkyl halides is 3. The number of benzene rings is 1. The average Bonchev–Trinajstić information content (AvgIpc) is 2.37. The number of nitriles is 1. The minimum Gasteiger partial charge on any atom is -0.491 e. The Labute approximate surface area is 107 Å². The van der Waals surface area contributed by atoms with E-state index in [9.17, 15) is 13.2 Å². The lowest BCUT2D eigenvalue weighted by molar-refractivity contribution is -0.139. The minimum absolute atomic E-state index is 0.126. The third-order valence-corrected chi connectivity index (χ3v) is 2.48. The first-order valence-corrected chi connectivity index (χ1v) is 5.48. The van der Waals surface area contributed by atoms with Crippen molar-refractivity contribution >= 4 is 10.9 Å². The molecule has 98 valence electrons. The van der Waals surface area contributed by atoms with E-state index in [4.69, 9.17) is 10.00 Å². The molecule has 0 aliphatic heterocycles. The molecule has 6 heteroatoms. The van der Waals surface area contributed by atoms with Crippen LogP contribution in [0.5, 0.6) is 5.75 Å². The van der Waals surface area contributed by atoms with Crippen LogP contribution in [0.3, 0.4) is 0 Å². The maximum atomic E-state index is 12.1. The molecule has 0 radical (unpaired) electrons. The smallest absolute Gasteiger partial charge is 0.392 e. The van der Waals surface area contributed by atoms with Gasteiger partial charge in [0.25, 0.3) is 0 Å². The molecule has 0 saturated heterocycles. The summed E-state index contributed by atoms with van der Waals surface area (Å²) in [6, 6.07) is 8.69. The van der Waals surface area contributed by atoms with Gasteiger partial charge in [-0.15, -0.1) is 0 Å². The number of halogens is 3. The van der Waals surface area contributed by atoms with Gasteiger partial charge in [0.05, 0.1) is 18.5 Å². The van der Waals surface area contributed by atoms with Gasteiger partial charge in [0, 0.05) is 11.6 Å². The number of fused-ring (bicyclic) bond motifs is 1. The van der Waals surface area contributed by atoms with E-state index in [1.54, 1.807) is 24.3 Å². The Kier molecular flexibility index (Phi) is 3.56. The molecule has 0 atom stereocenters. The molecule has 2 aromatic rings. The lowest BCUT2D eigenvalue weighted by atomic mass is 10.1. The zero-order valence-corrected chi connectivity index (χ0v) is 9.74. The van der Waals surface area contributed by atoms with Gasteiger partial charge >= 0.3 is 6.18 Å². The average molecular weight is 266 g/mol. The fourth-order valence-corrected chi connectivity index (χ4v) is 1.62. The van der Waals surface area contributed by atoms with E-state index in [0.29, 0.717) is 10.9 Å². The summed E-state index contributed by atoms with van der Waals surface area (Å²) >= 11 is 0. The van der Waals surface area contributed by atoms with Crippen LogP contribution in [0.15, 0.2) is 30.5 Å². The van der Waals surface area contributed by atoms with Crippen LogP contribution in [-0.4, -0.2) is 17.8 Å². The first-order chi connectivity index (χ1) is 9.01. The fourth-order valence-electron chi connectivity index (χ4n) is 1.62. The van der Waals surface area contributed by atoms with Crippen LogP contribution in [0.2, 0.25) is 0 Å². The van der Waals surface area contributed by atoms with Crippen molar-refractivity contribution in [3.05, 3.63) is 36.0 Å². The van der Waals surface area contributed by atoms with Crippen LogP contribution in [0.4, 0.5) is 13.2 Å². The van der Waals surface area contributed by atoms with Crippen molar-refractivity contribution in [2.24, 2.45) is 0 Å². The predicted octanol–water partition coefficient (Wildman–Crippen LogP) is 3.44. The molecule has 0 saturated carbocycles. The van der Waals surface area contributed by atoms with E-state index >= 15 is 0 Å². The van der Waals surface area contributed by atoms with Crippen molar-refractivity contribution in [2.45, 2.75) is 12.6 Å². The molecule has 0 N–H and O–H groups in total. The molecule has 0 unspecified atom stereocenters. The van der Waals surface area contributed by atoms with Crippen LogP contribution in [-0.2, 0) is 0 Å². The monoisotopic (exact) mass is 266 g/mol. The molecule has 2 rings (SSSR count). The van der Waals surface area contributed by atoms with E-state index in [1.165, 1.54) is 6.20 Å². The van der Waals surface area contributed by atoms with E-state index in [-0.39, 0.29) is 11.3 Å². The molecule has 3 nitrogen and oxygen atoms in total. The van der Waals surface area contributed by atoms with Gasteiger partial charge in [-0.1, -0.05) is 12.1 Å². The van der Waals surface area contributed by atoms with Gasteiger partial charge in [0.15, 0.2) is 0 Å². The van der Waals surface area contributed by atoms with Crippen LogP contribution >= 0.6 is 0 Å². The van der Waals surface area contributed by atoms with Crippen molar-refractivity contribution < 1.29 is 17.9 Å². The highest BCUT2D eigenvalue weighted by molar-refractivity contribution is 5.86. The maximum absolute atomic E-state index is 12.1. The SMILES string of the molecule is N#Cc1cnc2ccccc2c1OCCC(F)(F)F. The number of ether oxygens (including phenoxy) is 1. The van der Waals surface area contributed by atoms with Gasteiger partial charge in [-0.05, 0) is 12.1 Å². The van der Waals surface area contributed by atoms with Crippen molar-refractivity contribution in [3.8, 4) is 11.8 Å². The highest BCUT2D eigenvalue weighted by atomic mass is 19.4. The molecule has 0 aliphatic carbocycles. The van der Waals surface area contributed by atoms with Crippen LogP contribution in [0.1, 0.15) is 12.0 Å². The molecule has 0 fully saturated rings. The van der Waals surface area contributed by atoms with Gasteiger partial charge in [0.1, 0.15) is 17.4 Å². The van der Waals surface area contributed by atoms with Crippen LogP contribution < -0.4 is 4.74 Å². The molecule has 19 heavy (non-hydrogen) atoms. The third kappa shape index (κ3) is 3.13. The zero-order valence-electron chi connectivity index (χ0n) is 9.74. The number of hydrogen-bond donors (Lipinski definition) is 0. The maximum Gasteiger partial charge on any atom is 0.392 e. The van der Waals surface area contributed by atoms with E-state index in [2.05, 4.69) is 4.98 Å². The summed E-state index contributed by atoms with van der Waals surface area (Å²) in [5.41, 5.74) is 0.699. The van der Waals surface area contributed by atoms with Gasteiger partial charge in [-0.3, -0.25) is 4.98 Å². The number of nitrogens with zero attached hydrogens (tertiary/aromatic N) is 2. The lowest BCUT2D eigenvalue weighted by Crippen LogP contribution is -2.13. The summed E-state index contributed by atoms with van der Waals surface area (Å²) < 4.78 is 41.4. The first-order valence-electron chi connectivity index (χ1n) is 5.48. The summed E-state index contributed by atoms with van der Waals surface area (Å²) in [4.78, 5) is 4.04. The number of para-hydroxylation sites is 1. The number of rotatable bonds is 3. The molecule has 0 spiro atoms. The van der Waals surface area contributed by atoms with Crippen molar-refractivity contribution in [1.82, 2.24) is 4.98 Å². The Hall–Kier alpha value is -2.29. The first kappa shape index (κ1) is 13.1. The Morgan fingerprint density at radius 3 is 2.68 bits per heavy atom. The molecule has 1 heterocycles. The lowest BCUT2D eigenvalue weighted by Gasteiger charge is -2.11. The Balaban J connectivity index is 2.32. The molecule has 0 aliphatic rings. The molecule has 0 bridgehead atoms. The zero-order chi connectivity index (χ0) is 13.9. The Bertz CT molecular complexity index is 632. The van der Waals surface area contributed by atoms with Crippen molar-refractivity contribution in [1.29, 1.82) is 5.26 Å². The van der Waals surface area contributed by atoms with Crippen molar-refractivity contribution in [2.75, 3.05) is 6.61 Å². The van der Waals surface area contributed by atoms with Crippen LogP contribution in [0, 0.1) is 11.3 Å². The Morgan fingerprint density at radius 2 is 2.00 bits per heavy atom. The number of pyridine rings is 1. The summed E-state index contributed by atoms with van der Waals surface area (Å²) in [7, 11) is 0. The van der Waals surface area contributed by atoms with E-state index in [1.807, 2.05) is 6.07 Å². The molecular weight excluding hydrogens is 257 g/mol. The summed E-state index contributed by atoms with van der Waals surface area (Å²) in [6.07, 6.45) is -4.05. The number of aromatic nitrogens is 1. The largest absolute Gasteiger partial charge is 0.491 e. The van der Waals surface area contributed by atoms with Crippen molar-refractivity contribution in [3.63, 3.8) is 0 Å². The van der Waals surface area contributed by atoms with E-state index < -0.39 is 19.2 Å². The molecule has 1 aromatic carbocycles. The third-order valence-electron chi connectivity index (χ3n) is 2.48. The van der Waals surface area contributed by atoms with Gasteiger partial charge in [-0.2, -0.15) is 18.4 Å². The predicted molar refractivity (Wildman–Crippen MR) is 62.6 cm³/mol. The van der Waals surface area contributed by atoms with Crippen LogP contribution in [0.25, 0.3) is 10.9 Å².